The predicted molar refractivity (Wildman–Crippen MR) is 29.4 cm³/mol. The Kier molecular flexibility index (Phi) is 4.33. The van der Waals surface area contributed by atoms with Crippen LogP contribution in [0.2, 0.25) is 0 Å². The SMILES string of the molecule is [Cl-].[ClH+]Cc1cccs1. The number of hydrogen-bond donors (Lipinski definition) is 0. The molecule has 0 atom stereocenters. The normalized spacial score (nSPS) is 8.12. The predicted octanol–water partition coefficient (Wildman–Crippen LogP) is -1.47. The number of alkyl halides is 1. The van der Waals surface area contributed by atoms with Crippen molar-refractivity contribution in [2.45, 2.75) is 5.88 Å². The fraction of sp³-hybridized carbons (Fsp3) is 0.200. The lowest BCUT2D eigenvalue weighted by Gasteiger charge is -1.69. The average molecular weight is 169 g/mol. The molecule has 0 aliphatic rings. The summed E-state index contributed by atoms with van der Waals surface area (Å²) < 4.78 is 0. The van der Waals surface area contributed by atoms with E-state index in [1.807, 2.05) is 11.4 Å². The molecule has 0 aliphatic carbocycles. The third-order valence-corrected chi connectivity index (χ3v) is 2.09. The quantitative estimate of drug-likeness (QED) is 0.450. The maximum atomic E-state index is 4.78. The van der Waals surface area contributed by atoms with Gasteiger partial charge in [0.05, 0.1) is 4.88 Å². The Morgan fingerprint density at radius 1 is 1.62 bits per heavy atom. The van der Waals surface area contributed by atoms with Crippen LogP contribution in [0.3, 0.4) is 0 Å². The van der Waals surface area contributed by atoms with Gasteiger partial charge in [-0.15, -0.1) is 11.3 Å². The first-order valence-corrected chi connectivity index (χ1v) is 3.49. The van der Waals surface area contributed by atoms with Gasteiger partial charge < -0.3 is 12.4 Å². The first kappa shape index (κ1) is 8.28. The third-order valence-electron chi connectivity index (χ3n) is 0.722. The summed E-state index contributed by atoms with van der Waals surface area (Å²) in [5.41, 5.74) is 0. The van der Waals surface area contributed by atoms with Gasteiger partial charge in [0.2, 0.25) is 5.88 Å². The van der Waals surface area contributed by atoms with Crippen molar-refractivity contribution >= 4 is 11.3 Å². The van der Waals surface area contributed by atoms with Gasteiger partial charge >= 0.3 is 0 Å². The highest BCUT2D eigenvalue weighted by atomic mass is 35.5. The third kappa shape index (κ3) is 2.03. The molecule has 0 saturated carbocycles. The second kappa shape index (κ2) is 4.19. The lowest BCUT2D eigenvalue weighted by molar-refractivity contribution is -0.385. The fourth-order valence-electron chi connectivity index (χ4n) is 0.395. The van der Waals surface area contributed by atoms with Gasteiger partial charge in [-0.2, -0.15) is 0 Å². The summed E-state index contributed by atoms with van der Waals surface area (Å²) >= 11 is 6.50. The standard InChI is InChI=1S/C5H6ClS.ClH/c6-4-5-2-1-3-7-5;/h1-3,6H,4H2;1H/q+1;/p-1. The molecule has 0 aromatic carbocycles. The first-order chi connectivity index (χ1) is 3.43. The molecule has 1 rings (SSSR count). The summed E-state index contributed by atoms with van der Waals surface area (Å²) in [4.78, 5) is 1.29. The van der Waals surface area contributed by atoms with E-state index in [1.54, 1.807) is 11.3 Å². The van der Waals surface area contributed by atoms with Gasteiger partial charge in [-0.3, -0.25) is 0 Å². The molecule has 3 heteroatoms. The number of rotatable bonds is 1. The van der Waals surface area contributed by atoms with Crippen molar-refractivity contribution in [2.75, 3.05) is 0 Å². The molecule has 1 aromatic rings. The minimum Gasteiger partial charge on any atom is -1.00 e. The zero-order chi connectivity index (χ0) is 5.11. The van der Waals surface area contributed by atoms with Gasteiger partial charge in [-0.05, 0) is 11.4 Å². The molecule has 1 aromatic heterocycles. The first-order valence-electron chi connectivity index (χ1n) is 2.04. The average Bonchev–Trinajstić information content (AvgIpc) is 2.14. The van der Waals surface area contributed by atoms with Crippen molar-refractivity contribution in [1.82, 2.24) is 0 Å². The van der Waals surface area contributed by atoms with Gasteiger partial charge in [-0.1, -0.05) is 6.07 Å². The molecular weight excluding hydrogens is 163 g/mol. The van der Waals surface area contributed by atoms with E-state index in [4.69, 9.17) is 11.6 Å². The van der Waals surface area contributed by atoms with Crippen LogP contribution in [-0.2, 0) is 5.88 Å². The molecular formula is C5H6Cl2S. The van der Waals surface area contributed by atoms with E-state index < -0.39 is 0 Å². The Morgan fingerprint density at radius 3 is 2.62 bits per heavy atom. The lowest BCUT2D eigenvalue weighted by atomic mass is 10.5. The molecule has 0 radical (unpaired) electrons. The van der Waals surface area contributed by atoms with Crippen molar-refractivity contribution in [3.8, 4) is 0 Å². The van der Waals surface area contributed by atoms with Crippen molar-refractivity contribution in [3.05, 3.63) is 22.4 Å². The van der Waals surface area contributed by atoms with Crippen LogP contribution in [0.5, 0.6) is 0 Å². The molecule has 0 N–H and O–H groups in total. The van der Waals surface area contributed by atoms with Crippen LogP contribution in [0.4, 0.5) is 0 Å². The van der Waals surface area contributed by atoms with Gasteiger partial charge in [-0.25, -0.2) is 0 Å². The van der Waals surface area contributed by atoms with Crippen LogP contribution in [-0.4, -0.2) is 0 Å². The number of hydrogen-bond acceptors (Lipinski definition) is 1. The summed E-state index contributed by atoms with van der Waals surface area (Å²) in [6, 6.07) is 4.07. The van der Waals surface area contributed by atoms with Crippen molar-refractivity contribution in [1.29, 1.82) is 0 Å². The molecule has 0 unspecified atom stereocenters. The highest BCUT2D eigenvalue weighted by Crippen LogP contribution is 2.06. The largest absolute Gasteiger partial charge is 1.00 e. The molecule has 0 amide bonds. The fourth-order valence-corrected chi connectivity index (χ4v) is 1.25. The van der Waals surface area contributed by atoms with Gasteiger partial charge in [0.1, 0.15) is 11.6 Å². The Labute approximate surface area is 63.9 Å². The second-order valence-electron chi connectivity index (χ2n) is 1.22. The van der Waals surface area contributed by atoms with E-state index >= 15 is 0 Å². The summed E-state index contributed by atoms with van der Waals surface area (Å²) in [5.74, 6) is 0.762. The molecule has 0 fully saturated rings. The smallest absolute Gasteiger partial charge is 0.204 e. The lowest BCUT2D eigenvalue weighted by Crippen LogP contribution is -3.00. The van der Waals surface area contributed by atoms with Crippen molar-refractivity contribution in [2.24, 2.45) is 0 Å². The Balaban J connectivity index is 0.000000490. The minimum atomic E-state index is 0. The number of halogens is 2. The minimum absolute atomic E-state index is 0. The van der Waals surface area contributed by atoms with Crippen LogP contribution >= 0.6 is 11.3 Å². The van der Waals surface area contributed by atoms with Crippen LogP contribution in [0.15, 0.2) is 17.5 Å². The molecule has 8 heavy (non-hydrogen) atoms. The monoisotopic (exact) mass is 168 g/mol. The Morgan fingerprint density at radius 2 is 2.38 bits per heavy atom. The molecule has 0 saturated heterocycles. The maximum absolute atomic E-state index is 4.78. The summed E-state index contributed by atoms with van der Waals surface area (Å²) in [7, 11) is 0. The van der Waals surface area contributed by atoms with E-state index in [9.17, 15) is 0 Å². The molecule has 0 nitrogen and oxygen atoms in total. The van der Waals surface area contributed by atoms with E-state index in [0.29, 0.717) is 0 Å². The van der Waals surface area contributed by atoms with Crippen LogP contribution in [0.1, 0.15) is 4.88 Å². The van der Waals surface area contributed by atoms with E-state index in [0.717, 1.165) is 5.88 Å². The zero-order valence-electron chi connectivity index (χ0n) is 4.13. The van der Waals surface area contributed by atoms with Crippen molar-refractivity contribution < 1.29 is 24.0 Å². The van der Waals surface area contributed by atoms with Crippen LogP contribution < -0.4 is 12.4 Å². The molecule has 0 bridgehead atoms. The molecule has 46 valence electrons. The van der Waals surface area contributed by atoms with Crippen LogP contribution in [0, 0.1) is 11.6 Å². The zero-order valence-corrected chi connectivity index (χ0v) is 6.52. The van der Waals surface area contributed by atoms with Crippen LogP contribution in [0.25, 0.3) is 0 Å². The van der Waals surface area contributed by atoms with E-state index in [1.165, 1.54) is 4.88 Å². The van der Waals surface area contributed by atoms with Gasteiger partial charge in [0.25, 0.3) is 0 Å². The molecule has 0 aliphatic heterocycles. The highest BCUT2D eigenvalue weighted by molar-refractivity contribution is 7.09. The molecule has 0 spiro atoms. The second-order valence-corrected chi connectivity index (χ2v) is 2.54. The van der Waals surface area contributed by atoms with Crippen molar-refractivity contribution in [3.63, 3.8) is 0 Å². The topological polar surface area (TPSA) is 0 Å². The van der Waals surface area contributed by atoms with Gasteiger partial charge in [0, 0.05) is 0 Å². The Hall–Kier alpha value is 0.280. The summed E-state index contributed by atoms with van der Waals surface area (Å²) in [5, 5.41) is 2.04. The summed E-state index contributed by atoms with van der Waals surface area (Å²) in [6.07, 6.45) is 0. The van der Waals surface area contributed by atoms with Gasteiger partial charge in [0.15, 0.2) is 0 Å². The Bertz CT molecular complexity index is 125. The summed E-state index contributed by atoms with van der Waals surface area (Å²) in [6.45, 7) is 0. The van der Waals surface area contributed by atoms with E-state index in [2.05, 4.69) is 6.07 Å². The molecule has 1 heterocycles. The number of thiophene rings is 1. The highest BCUT2D eigenvalue weighted by Gasteiger charge is 1.90. The van der Waals surface area contributed by atoms with E-state index in [-0.39, 0.29) is 12.4 Å². The maximum Gasteiger partial charge on any atom is 0.204 e.